The molecule has 0 spiro atoms. The van der Waals surface area contributed by atoms with E-state index < -0.39 is 0 Å². The summed E-state index contributed by atoms with van der Waals surface area (Å²) in [6.07, 6.45) is 7.99. The SMILES string of the molecule is C=C(CC(CC)CC/C=C/c1cccc(F)c1)NC(N)=S. The Morgan fingerprint density at radius 1 is 1.52 bits per heavy atom. The Morgan fingerprint density at radius 3 is 2.90 bits per heavy atom. The summed E-state index contributed by atoms with van der Waals surface area (Å²) < 4.78 is 13.0. The highest BCUT2D eigenvalue weighted by Crippen LogP contribution is 2.19. The maximum atomic E-state index is 13.0. The van der Waals surface area contributed by atoms with Crippen molar-refractivity contribution in [3.8, 4) is 0 Å². The average Bonchev–Trinajstić information content (AvgIpc) is 2.41. The molecule has 2 nitrogen and oxygen atoms in total. The van der Waals surface area contributed by atoms with Crippen LogP contribution in [-0.2, 0) is 0 Å². The summed E-state index contributed by atoms with van der Waals surface area (Å²) in [4.78, 5) is 0. The van der Waals surface area contributed by atoms with Gasteiger partial charge in [0, 0.05) is 5.70 Å². The largest absolute Gasteiger partial charge is 0.376 e. The lowest BCUT2D eigenvalue weighted by Gasteiger charge is -2.16. The van der Waals surface area contributed by atoms with Crippen molar-refractivity contribution in [2.24, 2.45) is 11.7 Å². The maximum absolute atomic E-state index is 13.0. The van der Waals surface area contributed by atoms with E-state index in [0.717, 1.165) is 36.9 Å². The van der Waals surface area contributed by atoms with Gasteiger partial charge in [0.2, 0.25) is 0 Å². The Kier molecular flexibility index (Phi) is 7.69. The summed E-state index contributed by atoms with van der Waals surface area (Å²) in [6, 6.07) is 6.59. The molecule has 114 valence electrons. The number of hydrogen-bond acceptors (Lipinski definition) is 1. The minimum Gasteiger partial charge on any atom is -0.376 e. The standard InChI is InChI=1S/C17H23FN2S/c1-3-14(11-13(2)20-17(19)21)7-4-5-8-15-9-6-10-16(18)12-15/h5-6,8-10,12,14H,2-4,7,11H2,1H3,(H3,19,20,21)/b8-5+. The molecule has 1 rings (SSSR count). The molecule has 0 aliphatic heterocycles. The van der Waals surface area contributed by atoms with Crippen molar-refractivity contribution in [3.05, 3.63) is 54.0 Å². The van der Waals surface area contributed by atoms with Gasteiger partial charge in [0.15, 0.2) is 5.11 Å². The number of nitrogens with two attached hydrogens (primary N) is 1. The minimum absolute atomic E-state index is 0.205. The highest BCUT2D eigenvalue weighted by atomic mass is 32.1. The van der Waals surface area contributed by atoms with E-state index in [2.05, 4.69) is 24.9 Å². The molecular formula is C17H23FN2S. The minimum atomic E-state index is -0.205. The predicted molar refractivity (Wildman–Crippen MR) is 92.1 cm³/mol. The lowest BCUT2D eigenvalue weighted by Crippen LogP contribution is -2.28. The molecule has 0 aliphatic carbocycles. The highest BCUT2D eigenvalue weighted by molar-refractivity contribution is 7.80. The summed E-state index contributed by atoms with van der Waals surface area (Å²) in [5, 5.41) is 3.15. The molecule has 0 fully saturated rings. The highest BCUT2D eigenvalue weighted by Gasteiger charge is 2.07. The number of nitrogens with one attached hydrogen (secondary N) is 1. The van der Waals surface area contributed by atoms with Crippen LogP contribution < -0.4 is 11.1 Å². The zero-order chi connectivity index (χ0) is 15.7. The zero-order valence-corrected chi connectivity index (χ0v) is 13.3. The first-order chi connectivity index (χ1) is 10.0. The van der Waals surface area contributed by atoms with Crippen molar-refractivity contribution >= 4 is 23.4 Å². The molecule has 0 aliphatic rings. The number of allylic oxidation sites excluding steroid dienone is 2. The van der Waals surface area contributed by atoms with Gasteiger partial charge < -0.3 is 11.1 Å². The van der Waals surface area contributed by atoms with E-state index in [1.807, 2.05) is 12.1 Å². The smallest absolute Gasteiger partial charge is 0.167 e. The Morgan fingerprint density at radius 2 is 2.29 bits per heavy atom. The fourth-order valence-corrected chi connectivity index (χ4v) is 2.33. The van der Waals surface area contributed by atoms with Crippen molar-refractivity contribution in [2.45, 2.75) is 32.6 Å². The quantitative estimate of drug-likeness (QED) is 0.700. The molecule has 1 aromatic rings. The van der Waals surface area contributed by atoms with Crippen molar-refractivity contribution in [2.75, 3.05) is 0 Å². The Balaban J connectivity index is 2.38. The molecule has 1 atom stereocenters. The summed E-state index contributed by atoms with van der Waals surface area (Å²) in [5.41, 5.74) is 7.18. The van der Waals surface area contributed by atoms with Crippen LogP contribution in [0.1, 0.15) is 38.2 Å². The fourth-order valence-electron chi connectivity index (χ4n) is 2.19. The van der Waals surface area contributed by atoms with E-state index in [1.54, 1.807) is 6.07 Å². The van der Waals surface area contributed by atoms with E-state index in [-0.39, 0.29) is 10.9 Å². The molecule has 0 bridgehead atoms. The van der Waals surface area contributed by atoms with Crippen LogP contribution in [0.2, 0.25) is 0 Å². The molecule has 0 amide bonds. The predicted octanol–water partition coefficient (Wildman–Crippen LogP) is 4.38. The van der Waals surface area contributed by atoms with Crippen LogP contribution in [0.3, 0.4) is 0 Å². The van der Waals surface area contributed by atoms with Gasteiger partial charge in [-0.1, -0.05) is 44.2 Å². The number of thiocarbonyl (C=S) groups is 1. The molecule has 21 heavy (non-hydrogen) atoms. The molecule has 0 radical (unpaired) electrons. The third-order valence-corrected chi connectivity index (χ3v) is 3.42. The maximum Gasteiger partial charge on any atom is 0.167 e. The van der Waals surface area contributed by atoms with Gasteiger partial charge in [-0.15, -0.1) is 0 Å². The van der Waals surface area contributed by atoms with Gasteiger partial charge in [-0.3, -0.25) is 0 Å². The monoisotopic (exact) mass is 306 g/mol. The van der Waals surface area contributed by atoms with Gasteiger partial charge in [0.05, 0.1) is 0 Å². The normalized spacial score (nSPS) is 12.3. The van der Waals surface area contributed by atoms with Gasteiger partial charge in [-0.25, -0.2) is 4.39 Å². The molecule has 0 saturated heterocycles. The summed E-state index contributed by atoms with van der Waals surface area (Å²) in [7, 11) is 0. The van der Waals surface area contributed by atoms with Crippen LogP contribution in [0.5, 0.6) is 0 Å². The average molecular weight is 306 g/mol. The first-order valence-corrected chi connectivity index (χ1v) is 7.58. The Labute approximate surface area is 131 Å². The van der Waals surface area contributed by atoms with Gasteiger partial charge in [-0.05, 0) is 55.1 Å². The van der Waals surface area contributed by atoms with Crippen LogP contribution in [-0.4, -0.2) is 5.11 Å². The topological polar surface area (TPSA) is 38.0 Å². The molecule has 0 heterocycles. The third-order valence-electron chi connectivity index (χ3n) is 3.31. The Bertz CT molecular complexity index is 511. The Hall–Kier alpha value is -1.68. The summed E-state index contributed by atoms with van der Waals surface area (Å²) in [5.74, 6) is 0.334. The molecule has 1 aromatic carbocycles. The zero-order valence-electron chi connectivity index (χ0n) is 12.4. The molecular weight excluding hydrogens is 283 g/mol. The van der Waals surface area contributed by atoms with Crippen LogP contribution >= 0.6 is 12.2 Å². The van der Waals surface area contributed by atoms with Crippen LogP contribution in [0.15, 0.2) is 42.6 Å². The van der Waals surface area contributed by atoms with Crippen molar-refractivity contribution in [1.82, 2.24) is 5.32 Å². The van der Waals surface area contributed by atoms with Crippen LogP contribution in [0.25, 0.3) is 6.08 Å². The third kappa shape index (κ3) is 7.61. The van der Waals surface area contributed by atoms with Crippen molar-refractivity contribution in [3.63, 3.8) is 0 Å². The van der Waals surface area contributed by atoms with Gasteiger partial charge in [-0.2, -0.15) is 0 Å². The van der Waals surface area contributed by atoms with Gasteiger partial charge in [0.25, 0.3) is 0 Å². The number of halogens is 1. The van der Waals surface area contributed by atoms with Crippen LogP contribution in [0, 0.1) is 11.7 Å². The molecule has 0 saturated carbocycles. The first kappa shape index (κ1) is 17.4. The number of benzene rings is 1. The van der Waals surface area contributed by atoms with Crippen molar-refractivity contribution in [1.29, 1.82) is 0 Å². The van der Waals surface area contributed by atoms with Gasteiger partial charge in [0.1, 0.15) is 5.82 Å². The lowest BCUT2D eigenvalue weighted by molar-refractivity contribution is 0.466. The second-order valence-corrected chi connectivity index (χ2v) is 5.55. The van der Waals surface area contributed by atoms with E-state index in [0.29, 0.717) is 5.92 Å². The lowest BCUT2D eigenvalue weighted by atomic mass is 9.95. The first-order valence-electron chi connectivity index (χ1n) is 7.17. The fraction of sp³-hybridized carbons (Fsp3) is 0.353. The molecule has 4 heteroatoms. The summed E-state index contributed by atoms with van der Waals surface area (Å²) in [6.45, 7) is 6.09. The second-order valence-electron chi connectivity index (χ2n) is 5.11. The second kappa shape index (κ2) is 9.29. The number of rotatable bonds is 8. The molecule has 1 unspecified atom stereocenters. The van der Waals surface area contributed by atoms with E-state index in [1.165, 1.54) is 12.1 Å². The van der Waals surface area contributed by atoms with Crippen LogP contribution in [0.4, 0.5) is 4.39 Å². The number of hydrogen-bond donors (Lipinski definition) is 2. The molecule has 0 aromatic heterocycles. The molecule has 3 N–H and O–H groups in total. The van der Waals surface area contributed by atoms with E-state index in [9.17, 15) is 4.39 Å². The summed E-state index contributed by atoms with van der Waals surface area (Å²) >= 11 is 4.80. The van der Waals surface area contributed by atoms with Gasteiger partial charge >= 0.3 is 0 Å². The van der Waals surface area contributed by atoms with E-state index >= 15 is 0 Å². The van der Waals surface area contributed by atoms with E-state index in [4.69, 9.17) is 18.0 Å². The van der Waals surface area contributed by atoms with Crippen molar-refractivity contribution < 1.29 is 4.39 Å².